The number of aromatic nitrogens is 1. The van der Waals surface area contributed by atoms with Crippen molar-refractivity contribution in [3.05, 3.63) is 53.3 Å². The minimum atomic E-state index is 0.0513. The maximum Gasteiger partial charge on any atom is 0.216 e. The largest absolute Gasteiger partial charge is 0.494 e. The Hall–Kier alpha value is -2.89. The zero-order chi connectivity index (χ0) is 18.4. The van der Waals surface area contributed by atoms with Crippen LogP contribution in [0.1, 0.15) is 45.7 Å². The maximum atomic E-state index is 12.1. The summed E-state index contributed by atoms with van der Waals surface area (Å²) in [6.45, 7) is 1.91. The van der Waals surface area contributed by atoms with Crippen molar-refractivity contribution in [3.8, 4) is 5.75 Å². The number of benzene rings is 1. The van der Waals surface area contributed by atoms with Crippen molar-refractivity contribution in [2.45, 2.75) is 19.3 Å². The second-order valence-electron chi connectivity index (χ2n) is 6.17. The van der Waals surface area contributed by atoms with Gasteiger partial charge in [-0.25, -0.2) is 4.99 Å². The maximum absolute atomic E-state index is 12.1. The number of aliphatic imine (C=N–C) groups is 1. The standard InChI is InChI=1S/C20H22N2O4/c1-22-13-16(12-17(22)14-23)19(24)4-2-3-10-25-18-7-5-15(6-8-18)20-21-9-11-26-20/h5-8,12-14H,2-4,9-11H2,1H3. The number of nitrogens with zero attached hydrogens (tertiary/aromatic N) is 2. The van der Waals surface area contributed by atoms with Crippen LogP contribution in [-0.4, -0.2) is 42.3 Å². The number of carbonyl (C=O) groups is 2. The van der Waals surface area contributed by atoms with Gasteiger partial charge in [0.2, 0.25) is 5.90 Å². The number of Topliss-reactive ketones (excluding diaryl/α,β-unsaturated/α-hetero) is 1. The summed E-state index contributed by atoms with van der Waals surface area (Å²) < 4.78 is 12.8. The Kier molecular flexibility index (Phi) is 5.84. The van der Waals surface area contributed by atoms with Crippen LogP contribution in [0.4, 0.5) is 0 Å². The van der Waals surface area contributed by atoms with Crippen LogP contribution in [0.5, 0.6) is 5.75 Å². The summed E-state index contributed by atoms with van der Waals surface area (Å²) in [4.78, 5) is 27.2. The molecule has 0 fully saturated rings. The summed E-state index contributed by atoms with van der Waals surface area (Å²) in [5.41, 5.74) is 2.05. The highest BCUT2D eigenvalue weighted by molar-refractivity contribution is 5.97. The zero-order valence-corrected chi connectivity index (χ0v) is 14.8. The fourth-order valence-electron chi connectivity index (χ4n) is 2.78. The van der Waals surface area contributed by atoms with E-state index in [2.05, 4.69) is 4.99 Å². The molecule has 2 heterocycles. The smallest absolute Gasteiger partial charge is 0.216 e. The highest BCUT2D eigenvalue weighted by Gasteiger charge is 2.11. The molecule has 1 aliphatic rings. The van der Waals surface area contributed by atoms with E-state index >= 15 is 0 Å². The predicted octanol–water partition coefficient (Wildman–Crippen LogP) is 3.05. The molecule has 0 N–H and O–H groups in total. The molecule has 6 nitrogen and oxygen atoms in total. The molecule has 1 aromatic heterocycles. The van der Waals surface area contributed by atoms with Gasteiger partial charge in [0.25, 0.3) is 0 Å². The first-order chi connectivity index (χ1) is 12.7. The Morgan fingerprint density at radius 2 is 2.12 bits per heavy atom. The SMILES string of the molecule is Cn1cc(C(=O)CCCCOc2ccc(C3=NCCO3)cc2)cc1C=O. The molecule has 0 unspecified atom stereocenters. The number of hydrogen-bond acceptors (Lipinski definition) is 5. The molecule has 1 aliphatic heterocycles. The molecule has 0 aliphatic carbocycles. The van der Waals surface area contributed by atoms with E-state index < -0.39 is 0 Å². The third-order valence-corrected chi connectivity index (χ3v) is 4.24. The Morgan fingerprint density at radius 1 is 1.31 bits per heavy atom. The Bertz CT molecular complexity index is 806. The molecule has 136 valence electrons. The van der Waals surface area contributed by atoms with Crippen molar-refractivity contribution in [1.29, 1.82) is 0 Å². The molecular formula is C20H22N2O4. The van der Waals surface area contributed by atoms with Crippen LogP contribution in [0.15, 0.2) is 41.5 Å². The number of carbonyl (C=O) groups excluding carboxylic acids is 2. The number of hydrogen-bond donors (Lipinski definition) is 0. The average Bonchev–Trinajstić information content (AvgIpc) is 3.31. The molecule has 26 heavy (non-hydrogen) atoms. The van der Waals surface area contributed by atoms with Gasteiger partial charge in [0.05, 0.1) is 18.8 Å². The lowest BCUT2D eigenvalue weighted by molar-refractivity contribution is 0.0977. The molecule has 0 saturated carbocycles. The quantitative estimate of drug-likeness (QED) is 0.394. The number of ether oxygens (including phenoxy) is 2. The van der Waals surface area contributed by atoms with Gasteiger partial charge in [-0.1, -0.05) is 0 Å². The van der Waals surface area contributed by atoms with Gasteiger partial charge in [-0.3, -0.25) is 9.59 Å². The van der Waals surface area contributed by atoms with E-state index in [1.54, 1.807) is 23.9 Å². The van der Waals surface area contributed by atoms with Crippen LogP contribution in [0, 0.1) is 0 Å². The molecule has 0 atom stereocenters. The van der Waals surface area contributed by atoms with Gasteiger partial charge >= 0.3 is 0 Å². The summed E-state index contributed by atoms with van der Waals surface area (Å²) >= 11 is 0. The third kappa shape index (κ3) is 4.39. The monoisotopic (exact) mass is 354 g/mol. The lowest BCUT2D eigenvalue weighted by atomic mass is 10.1. The molecule has 2 aromatic rings. The lowest BCUT2D eigenvalue weighted by Gasteiger charge is -2.07. The van der Waals surface area contributed by atoms with Crippen LogP contribution in [-0.2, 0) is 11.8 Å². The Balaban J connectivity index is 1.38. The second kappa shape index (κ2) is 8.47. The Morgan fingerprint density at radius 3 is 2.77 bits per heavy atom. The fourth-order valence-corrected chi connectivity index (χ4v) is 2.78. The third-order valence-electron chi connectivity index (χ3n) is 4.24. The molecule has 1 aromatic carbocycles. The van der Waals surface area contributed by atoms with Crippen LogP contribution >= 0.6 is 0 Å². The molecule has 0 spiro atoms. The minimum Gasteiger partial charge on any atom is -0.494 e. The highest BCUT2D eigenvalue weighted by atomic mass is 16.5. The molecule has 0 saturated heterocycles. The van der Waals surface area contributed by atoms with Crippen LogP contribution in [0.25, 0.3) is 0 Å². The number of rotatable bonds is 9. The molecule has 3 rings (SSSR count). The van der Waals surface area contributed by atoms with Gasteiger partial charge in [-0.05, 0) is 43.2 Å². The van der Waals surface area contributed by atoms with Crippen molar-refractivity contribution >= 4 is 18.0 Å². The van der Waals surface area contributed by atoms with Crippen molar-refractivity contribution < 1.29 is 19.1 Å². The molecular weight excluding hydrogens is 332 g/mol. The van der Waals surface area contributed by atoms with E-state index in [1.807, 2.05) is 24.3 Å². The molecule has 0 amide bonds. The minimum absolute atomic E-state index is 0.0513. The first-order valence-corrected chi connectivity index (χ1v) is 8.72. The first-order valence-electron chi connectivity index (χ1n) is 8.72. The van der Waals surface area contributed by atoms with Crippen molar-refractivity contribution in [2.75, 3.05) is 19.8 Å². The van der Waals surface area contributed by atoms with Crippen LogP contribution in [0.2, 0.25) is 0 Å². The number of aryl methyl sites for hydroxylation is 1. The molecule has 6 heteroatoms. The Labute approximate surface area is 152 Å². The van der Waals surface area contributed by atoms with Gasteiger partial charge in [0.15, 0.2) is 12.1 Å². The normalized spacial score (nSPS) is 13.2. The van der Waals surface area contributed by atoms with Gasteiger partial charge in [0, 0.05) is 30.8 Å². The zero-order valence-electron chi connectivity index (χ0n) is 14.8. The topological polar surface area (TPSA) is 69.9 Å². The second-order valence-corrected chi connectivity index (χ2v) is 6.17. The summed E-state index contributed by atoms with van der Waals surface area (Å²) in [7, 11) is 1.76. The number of ketones is 1. The summed E-state index contributed by atoms with van der Waals surface area (Å²) in [6, 6.07) is 9.29. The van der Waals surface area contributed by atoms with E-state index in [1.165, 1.54) is 0 Å². The van der Waals surface area contributed by atoms with E-state index in [0.717, 1.165) is 30.4 Å². The summed E-state index contributed by atoms with van der Waals surface area (Å²) in [6.07, 6.45) is 4.43. The van der Waals surface area contributed by atoms with Crippen LogP contribution < -0.4 is 4.74 Å². The molecule has 0 radical (unpaired) electrons. The van der Waals surface area contributed by atoms with Crippen LogP contribution in [0.3, 0.4) is 0 Å². The summed E-state index contributed by atoms with van der Waals surface area (Å²) in [5.74, 6) is 1.53. The average molecular weight is 354 g/mol. The van der Waals surface area contributed by atoms with Gasteiger partial charge in [0.1, 0.15) is 12.4 Å². The number of unbranched alkanes of at least 4 members (excludes halogenated alkanes) is 1. The van der Waals surface area contributed by atoms with Gasteiger partial charge in [-0.2, -0.15) is 0 Å². The first kappa shape index (κ1) is 17.9. The summed E-state index contributed by atoms with van der Waals surface area (Å²) in [5, 5.41) is 0. The van der Waals surface area contributed by atoms with Crippen molar-refractivity contribution in [2.24, 2.45) is 12.0 Å². The number of aldehydes is 1. The lowest BCUT2D eigenvalue weighted by Crippen LogP contribution is -2.03. The van der Waals surface area contributed by atoms with Gasteiger partial charge in [-0.15, -0.1) is 0 Å². The fraction of sp³-hybridized carbons (Fsp3) is 0.350. The van der Waals surface area contributed by atoms with Crippen molar-refractivity contribution in [3.63, 3.8) is 0 Å². The van der Waals surface area contributed by atoms with E-state index in [4.69, 9.17) is 9.47 Å². The van der Waals surface area contributed by atoms with E-state index in [9.17, 15) is 9.59 Å². The van der Waals surface area contributed by atoms with Gasteiger partial charge < -0.3 is 14.0 Å². The highest BCUT2D eigenvalue weighted by Crippen LogP contribution is 2.16. The van der Waals surface area contributed by atoms with Crippen molar-refractivity contribution in [1.82, 2.24) is 4.57 Å². The molecule has 0 bridgehead atoms. The van der Waals surface area contributed by atoms with E-state index in [0.29, 0.717) is 43.3 Å². The predicted molar refractivity (Wildman–Crippen MR) is 98.3 cm³/mol. The van der Waals surface area contributed by atoms with E-state index in [-0.39, 0.29) is 5.78 Å².